The van der Waals surface area contributed by atoms with Gasteiger partial charge in [0.15, 0.2) is 0 Å². The maximum atomic E-state index is 12.8. The normalized spacial score (nSPS) is 21.4. The molecular weight excluding hydrogens is 305 g/mol. The Kier molecular flexibility index (Phi) is 4.48. The molecule has 2 rings (SSSR count). The van der Waals surface area contributed by atoms with Gasteiger partial charge in [0, 0.05) is 18.8 Å². The third kappa shape index (κ3) is 3.88. The molecule has 1 fully saturated rings. The van der Waals surface area contributed by atoms with Gasteiger partial charge in [-0.05, 0) is 24.5 Å². The highest BCUT2D eigenvalue weighted by Gasteiger charge is 2.44. The van der Waals surface area contributed by atoms with Crippen molar-refractivity contribution >= 4 is 15.7 Å². The van der Waals surface area contributed by atoms with Gasteiger partial charge in [0.1, 0.15) is 0 Å². The molecule has 4 nitrogen and oxygen atoms in total. The van der Waals surface area contributed by atoms with E-state index in [4.69, 9.17) is 5.73 Å². The summed E-state index contributed by atoms with van der Waals surface area (Å²) in [7, 11) is -3.80. The Morgan fingerprint density at radius 2 is 1.95 bits per heavy atom. The second-order valence-corrected chi connectivity index (χ2v) is 7.16. The summed E-state index contributed by atoms with van der Waals surface area (Å²) in [6.45, 7) is -0.375. The van der Waals surface area contributed by atoms with E-state index >= 15 is 0 Å². The van der Waals surface area contributed by atoms with Gasteiger partial charge in [-0.2, -0.15) is 13.2 Å². The van der Waals surface area contributed by atoms with E-state index in [9.17, 15) is 21.6 Å². The number of piperidine rings is 1. The van der Waals surface area contributed by atoms with Gasteiger partial charge in [0.05, 0.1) is 11.7 Å². The molecule has 8 heteroatoms. The van der Waals surface area contributed by atoms with Crippen molar-refractivity contribution in [2.24, 2.45) is 5.92 Å². The van der Waals surface area contributed by atoms with Crippen molar-refractivity contribution in [2.45, 2.75) is 24.8 Å². The fraction of sp³-hybridized carbons (Fsp3) is 0.538. The molecule has 0 aromatic heterocycles. The van der Waals surface area contributed by atoms with Crippen molar-refractivity contribution in [1.82, 2.24) is 4.31 Å². The van der Waals surface area contributed by atoms with E-state index < -0.39 is 28.7 Å². The van der Waals surface area contributed by atoms with Crippen LogP contribution in [0.1, 0.15) is 18.4 Å². The number of hydrogen-bond acceptors (Lipinski definition) is 3. The van der Waals surface area contributed by atoms with Gasteiger partial charge in [0.2, 0.25) is 10.0 Å². The van der Waals surface area contributed by atoms with E-state index in [0.29, 0.717) is 11.3 Å². The number of halogens is 3. The maximum absolute atomic E-state index is 12.8. The summed E-state index contributed by atoms with van der Waals surface area (Å²) in [6.07, 6.45) is -4.17. The Balaban J connectivity index is 2.14. The smallest absolute Gasteiger partial charge is 0.393 e. The number of nitrogens with zero attached hydrogens (tertiary/aromatic N) is 1. The SMILES string of the molecule is Nc1ccccc1CS(=O)(=O)N1CCCC(C(F)(F)F)C1. The fourth-order valence-electron chi connectivity index (χ4n) is 2.42. The van der Waals surface area contributed by atoms with E-state index in [1.54, 1.807) is 24.3 Å². The van der Waals surface area contributed by atoms with E-state index in [-0.39, 0.29) is 25.1 Å². The molecule has 0 radical (unpaired) electrons. The first-order valence-electron chi connectivity index (χ1n) is 6.58. The van der Waals surface area contributed by atoms with Crippen molar-refractivity contribution in [3.05, 3.63) is 29.8 Å². The van der Waals surface area contributed by atoms with E-state index in [1.807, 2.05) is 0 Å². The zero-order valence-corrected chi connectivity index (χ0v) is 12.1. The second-order valence-electron chi connectivity index (χ2n) is 5.19. The molecule has 0 aliphatic carbocycles. The second kappa shape index (κ2) is 5.84. The molecule has 0 amide bonds. The lowest BCUT2D eigenvalue weighted by Gasteiger charge is -2.33. The predicted octanol–water partition coefficient (Wildman–Crippen LogP) is 2.37. The average Bonchev–Trinajstić information content (AvgIpc) is 2.40. The first-order valence-corrected chi connectivity index (χ1v) is 8.19. The molecule has 0 spiro atoms. The largest absolute Gasteiger partial charge is 0.398 e. The molecule has 1 aromatic carbocycles. The molecule has 1 heterocycles. The Morgan fingerprint density at radius 3 is 2.57 bits per heavy atom. The molecule has 2 N–H and O–H groups in total. The quantitative estimate of drug-likeness (QED) is 0.869. The Morgan fingerprint density at radius 1 is 1.29 bits per heavy atom. The highest BCUT2D eigenvalue weighted by Crippen LogP contribution is 2.34. The summed E-state index contributed by atoms with van der Waals surface area (Å²) >= 11 is 0. The van der Waals surface area contributed by atoms with E-state index in [0.717, 1.165) is 4.31 Å². The average molecular weight is 322 g/mol. The van der Waals surface area contributed by atoms with Crippen molar-refractivity contribution in [3.63, 3.8) is 0 Å². The van der Waals surface area contributed by atoms with Crippen molar-refractivity contribution in [1.29, 1.82) is 0 Å². The number of para-hydroxylation sites is 1. The summed E-state index contributed by atoms with van der Waals surface area (Å²) in [5, 5.41) is 0. The summed E-state index contributed by atoms with van der Waals surface area (Å²) in [5.74, 6) is -1.96. The first kappa shape index (κ1) is 16.1. The molecule has 1 aromatic rings. The van der Waals surface area contributed by atoms with Gasteiger partial charge in [-0.1, -0.05) is 18.2 Å². The standard InChI is InChI=1S/C13H17F3N2O2S/c14-13(15,16)11-5-3-7-18(8-11)21(19,20)9-10-4-1-2-6-12(10)17/h1-2,4,6,11H,3,5,7-9,17H2. The monoisotopic (exact) mass is 322 g/mol. The van der Waals surface area contributed by atoms with Crippen LogP contribution in [0.4, 0.5) is 18.9 Å². The summed E-state index contributed by atoms with van der Waals surface area (Å²) in [5.41, 5.74) is 6.42. The van der Waals surface area contributed by atoms with Crippen LogP contribution in [-0.4, -0.2) is 32.0 Å². The number of rotatable bonds is 3. The number of sulfonamides is 1. The van der Waals surface area contributed by atoms with Crippen molar-refractivity contribution < 1.29 is 21.6 Å². The number of anilines is 1. The third-order valence-electron chi connectivity index (χ3n) is 3.63. The lowest BCUT2D eigenvalue weighted by atomic mass is 9.99. The lowest BCUT2D eigenvalue weighted by Crippen LogP contribution is -2.44. The molecule has 0 saturated carbocycles. The van der Waals surface area contributed by atoms with Crippen LogP contribution in [0.2, 0.25) is 0 Å². The lowest BCUT2D eigenvalue weighted by molar-refractivity contribution is -0.182. The fourth-order valence-corrected chi connectivity index (χ4v) is 4.07. The summed E-state index contributed by atoms with van der Waals surface area (Å²) in [6, 6.07) is 6.46. The van der Waals surface area contributed by atoms with Crippen LogP contribution in [0, 0.1) is 5.92 Å². The first-order chi connectivity index (χ1) is 9.70. The minimum Gasteiger partial charge on any atom is -0.398 e. The number of benzene rings is 1. The van der Waals surface area contributed by atoms with Gasteiger partial charge >= 0.3 is 6.18 Å². The molecular formula is C13H17F3N2O2S. The number of hydrogen-bond donors (Lipinski definition) is 1. The van der Waals surface area contributed by atoms with Crippen LogP contribution >= 0.6 is 0 Å². The Hall–Kier alpha value is -1.28. The summed E-state index contributed by atoms with van der Waals surface area (Å²) in [4.78, 5) is 0. The van der Waals surface area contributed by atoms with Gasteiger partial charge in [-0.3, -0.25) is 0 Å². The number of nitrogen functional groups attached to an aromatic ring is 1. The highest BCUT2D eigenvalue weighted by atomic mass is 32.2. The Bertz CT molecular complexity index is 602. The van der Waals surface area contributed by atoms with Crippen LogP contribution in [0.5, 0.6) is 0 Å². The van der Waals surface area contributed by atoms with Gasteiger partial charge in [0.25, 0.3) is 0 Å². The Labute approximate surface area is 121 Å². The predicted molar refractivity (Wildman–Crippen MR) is 73.8 cm³/mol. The minimum absolute atomic E-state index is 0.0248. The van der Waals surface area contributed by atoms with Gasteiger partial charge in [-0.15, -0.1) is 0 Å². The molecule has 1 unspecified atom stereocenters. The van der Waals surface area contributed by atoms with E-state index in [1.165, 1.54) is 0 Å². The number of nitrogens with two attached hydrogens (primary N) is 1. The topological polar surface area (TPSA) is 63.4 Å². The summed E-state index contributed by atoms with van der Waals surface area (Å²) < 4.78 is 63.8. The zero-order valence-electron chi connectivity index (χ0n) is 11.3. The van der Waals surface area contributed by atoms with Crippen LogP contribution in [0.3, 0.4) is 0 Å². The van der Waals surface area contributed by atoms with Gasteiger partial charge in [-0.25, -0.2) is 12.7 Å². The van der Waals surface area contributed by atoms with Gasteiger partial charge < -0.3 is 5.73 Å². The minimum atomic E-state index is -4.36. The van der Waals surface area contributed by atoms with Crippen molar-refractivity contribution in [3.8, 4) is 0 Å². The number of alkyl halides is 3. The highest BCUT2D eigenvalue weighted by molar-refractivity contribution is 7.88. The van der Waals surface area contributed by atoms with Crippen LogP contribution in [-0.2, 0) is 15.8 Å². The zero-order chi connectivity index (χ0) is 15.7. The molecule has 1 aliphatic rings. The molecule has 1 saturated heterocycles. The van der Waals surface area contributed by atoms with E-state index in [2.05, 4.69) is 0 Å². The molecule has 1 atom stereocenters. The van der Waals surface area contributed by atoms with Crippen molar-refractivity contribution in [2.75, 3.05) is 18.8 Å². The van der Waals surface area contributed by atoms with Crippen LogP contribution < -0.4 is 5.73 Å². The molecule has 118 valence electrons. The third-order valence-corrected chi connectivity index (χ3v) is 5.43. The maximum Gasteiger partial charge on any atom is 0.393 e. The van der Waals surface area contributed by atoms with Crippen LogP contribution in [0.15, 0.2) is 24.3 Å². The molecule has 1 aliphatic heterocycles. The molecule has 21 heavy (non-hydrogen) atoms. The molecule has 0 bridgehead atoms. The van der Waals surface area contributed by atoms with Crippen LogP contribution in [0.25, 0.3) is 0 Å².